The molecule has 6 heteroatoms. The molecule has 0 aliphatic carbocycles. The Hall–Kier alpha value is -1.40. The van der Waals surface area contributed by atoms with E-state index >= 15 is 0 Å². The number of nitrogens with zero attached hydrogens (tertiary/aromatic N) is 3. The van der Waals surface area contributed by atoms with Crippen molar-refractivity contribution < 1.29 is 0 Å². The predicted molar refractivity (Wildman–Crippen MR) is 64.0 cm³/mol. The molecule has 0 radical (unpaired) electrons. The lowest BCUT2D eigenvalue weighted by Gasteiger charge is -2.19. The largest absolute Gasteiger partial charge is 0.367 e. The van der Waals surface area contributed by atoms with Crippen molar-refractivity contribution in [2.24, 2.45) is 5.84 Å². The Balaban J connectivity index is 1.88. The number of rotatable bonds is 4. The lowest BCUT2D eigenvalue weighted by Crippen LogP contribution is -2.31. The Bertz CT molecular complexity index is 342. The quantitative estimate of drug-likeness (QED) is 0.501. The van der Waals surface area contributed by atoms with Crippen LogP contribution in [0.1, 0.15) is 12.8 Å². The number of hydrazine groups is 1. The number of nitrogen functional groups attached to an aromatic ring is 1. The van der Waals surface area contributed by atoms with E-state index in [0.717, 1.165) is 12.4 Å². The molecule has 1 aliphatic heterocycles. The average Bonchev–Trinajstić information content (AvgIpc) is 2.72. The van der Waals surface area contributed by atoms with E-state index in [1.54, 1.807) is 12.4 Å². The molecular formula is C10H18N6. The number of likely N-dealkylation sites (N-methyl/N-ethyl adjacent to an activating group) is 1. The van der Waals surface area contributed by atoms with Gasteiger partial charge in [0, 0.05) is 12.6 Å². The minimum Gasteiger partial charge on any atom is -0.367 e. The third-order valence-corrected chi connectivity index (χ3v) is 2.97. The number of nitrogens with one attached hydrogen (secondary N) is 2. The number of aromatic nitrogens is 2. The summed E-state index contributed by atoms with van der Waals surface area (Å²) in [6.45, 7) is 2.08. The Kier molecular flexibility index (Phi) is 3.53. The lowest BCUT2D eigenvalue weighted by atomic mass is 10.2. The van der Waals surface area contributed by atoms with Gasteiger partial charge in [0.1, 0.15) is 5.82 Å². The molecule has 4 N–H and O–H groups in total. The highest BCUT2D eigenvalue weighted by molar-refractivity contribution is 5.40. The minimum absolute atomic E-state index is 0.574. The predicted octanol–water partition coefficient (Wildman–Crippen LogP) is 0.268. The Morgan fingerprint density at radius 1 is 1.50 bits per heavy atom. The molecule has 1 unspecified atom stereocenters. The fourth-order valence-electron chi connectivity index (χ4n) is 1.98. The van der Waals surface area contributed by atoms with Gasteiger partial charge in [0.05, 0.1) is 12.4 Å². The highest BCUT2D eigenvalue weighted by atomic mass is 15.3. The summed E-state index contributed by atoms with van der Waals surface area (Å²) in [5, 5.41) is 3.28. The van der Waals surface area contributed by atoms with Crippen LogP contribution in [-0.2, 0) is 0 Å². The molecule has 1 fully saturated rings. The normalized spacial score (nSPS) is 21.0. The smallest absolute Gasteiger partial charge is 0.160 e. The topological polar surface area (TPSA) is 79.1 Å². The van der Waals surface area contributed by atoms with Gasteiger partial charge in [0.15, 0.2) is 5.82 Å². The van der Waals surface area contributed by atoms with Crippen LogP contribution in [0.4, 0.5) is 11.6 Å². The van der Waals surface area contributed by atoms with Gasteiger partial charge >= 0.3 is 0 Å². The number of nitrogens with two attached hydrogens (primary N) is 1. The second kappa shape index (κ2) is 5.09. The van der Waals surface area contributed by atoms with E-state index in [1.807, 2.05) is 0 Å². The van der Waals surface area contributed by atoms with Gasteiger partial charge in [0.2, 0.25) is 0 Å². The van der Waals surface area contributed by atoms with Gasteiger partial charge in [-0.3, -0.25) is 4.98 Å². The zero-order valence-corrected chi connectivity index (χ0v) is 9.48. The summed E-state index contributed by atoms with van der Waals surface area (Å²) >= 11 is 0. The SMILES string of the molecule is CN1CCCC1CNc1cncc(NN)n1. The standard InChI is InChI=1S/C10H18N6/c1-16-4-2-3-8(16)5-13-9-6-12-7-10(14-9)15-11/h6-8H,2-5,11H2,1H3,(H2,13,14,15). The first-order chi connectivity index (χ1) is 7.79. The van der Waals surface area contributed by atoms with Crippen molar-refractivity contribution in [3.8, 4) is 0 Å². The maximum atomic E-state index is 5.27. The third-order valence-electron chi connectivity index (χ3n) is 2.97. The van der Waals surface area contributed by atoms with E-state index in [0.29, 0.717) is 11.9 Å². The van der Waals surface area contributed by atoms with Crippen LogP contribution in [-0.4, -0.2) is 41.0 Å². The maximum absolute atomic E-state index is 5.27. The molecule has 2 heterocycles. The molecular weight excluding hydrogens is 204 g/mol. The van der Waals surface area contributed by atoms with Crippen molar-refractivity contribution >= 4 is 11.6 Å². The van der Waals surface area contributed by atoms with Gasteiger partial charge in [-0.1, -0.05) is 0 Å². The maximum Gasteiger partial charge on any atom is 0.160 e. The first-order valence-electron chi connectivity index (χ1n) is 5.52. The number of anilines is 2. The van der Waals surface area contributed by atoms with Crippen LogP contribution in [0.15, 0.2) is 12.4 Å². The van der Waals surface area contributed by atoms with Gasteiger partial charge in [-0.25, -0.2) is 10.8 Å². The summed E-state index contributed by atoms with van der Waals surface area (Å²) < 4.78 is 0. The van der Waals surface area contributed by atoms with Gasteiger partial charge in [0.25, 0.3) is 0 Å². The zero-order chi connectivity index (χ0) is 11.4. The second-order valence-corrected chi connectivity index (χ2v) is 4.09. The van der Waals surface area contributed by atoms with Crippen LogP contribution in [0.25, 0.3) is 0 Å². The Morgan fingerprint density at radius 3 is 3.00 bits per heavy atom. The minimum atomic E-state index is 0.574. The van der Waals surface area contributed by atoms with Crippen molar-refractivity contribution in [3.05, 3.63) is 12.4 Å². The molecule has 1 saturated heterocycles. The van der Waals surface area contributed by atoms with E-state index in [2.05, 4.69) is 32.7 Å². The summed E-state index contributed by atoms with van der Waals surface area (Å²) in [7, 11) is 2.16. The first kappa shape index (κ1) is 11.1. The summed E-state index contributed by atoms with van der Waals surface area (Å²) in [5.74, 6) is 6.60. The molecule has 0 bridgehead atoms. The van der Waals surface area contributed by atoms with E-state index in [-0.39, 0.29) is 0 Å². The first-order valence-corrected chi connectivity index (χ1v) is 5.52. The fraction of sp³-hybridized carbons (Fsp3) is 0.600. The molecule has 1 atom stereocenters. The summed E-state index contributed by atoms with van der Waals surface area (Å²) in [6, 6.07) is 0.594. The fourth-order valence-corrected chi connectivity index (χ4v) is 1.98. The number of likely N-dealkylation sites (tertiary alicyclic amines) is 1. The molecule has 0 saturated carbocycles. The van der Waals surface area contributed by atoms with Crippen LogP contribution < -0.4 is 16.6 Å². The molecule has 16 heavy (non-hydrogen) atoms. The highest BCUT2D eigenvalue weighted by Gasteiger charge is 2.20. The van der Waals surface area contributed by atoms with Gasteiger partial charge in [-0.05, 0) is 26.4 Å². The van der Waals surface area contributed by atoms with Crippen molar-refractivity contribution in [2.75, 3.05) is 30.9 Å². The van der Waals surface area contributed by atoms with Crippen LogP contribution in [0.2, 0.25) is 0 Å². The molecule has 88 valence electrons. The van der Waals surface area contributed by atoms with E-state index in [4.69, 9.17) is 5.84 Å². The summed E-state index contributed by atoms with van der Waals surface area (Å²) in [6.07, 6.45) is 5.81. The van der Waals surface area contributed by atoms with Crippen molar-refractivity contribution in [3.63, 3.8) is 0 Å². The molecule has 1 aromatic heterocycles. The molecule has 2 rings (SSSR count). The molecule has 0 amide bonds. The second-order valence-electron chi connectivity index (χ2n) is 4.09. The van der Waals surface area contributed by atoms with E-state index < -0.39 is 0 Å². The van der Waals surface area contributed by atoms with Crippen molar-refractivity contribution in [1.82, 2.24) is 14.9 Å². The van der Waals surface area contributed by atoms with E-state index in [1.165, 1.54) is 19.4 Å². The lowest BCUT2D eigenvalue weighted by molar-refractivity contribution is 0.322. The highest BCUT2D eigenvalue weighted by Crippen LogP contribution is 2.15. The third kappa shape index (κ3) is 2.59. The van der Waals surface area contributed by atoms with Gasteiger partial charge < -0.3 is 15.6 Å². The van der Waals surface area contributed by atoms with Crippen molar-refractivity contribution in [1.29, 1.82) is 0 Å². The van der Waals surface area contributed by atoms with Gasteiger partial charge in [-0.2, -0.15) is 0 Å². The molecule has 6 nitrogen and oxygen atoms in total. The Labute approximate surface area is 95.2 Å². The van der Waals surface area contributed by atoms with E-state index in [9.17, 15) is 0 Å². The van der Waals surface area contributed by atoms with Crippen LogP contribution in [0, 0.1) is 0 Å². The zero-order valence-electron chi connectivity index (χ0n) is 9.48. The monoisotopic (exact) mass is 222 g/mol. The molecule has 0 aromatic carbocycles. The van der Waals surface area contributed by atoms with Crippen LogP contribution in [0.3, 0.4) is 0 Å². The van der Waals surface area contributed by atoms with Gasteiger partial charge in [-0.15, -0.1) is 0 Å². The molecule has 1 aromatic rings. The molecule has 1 aliphatic rings. The summed E-state index contributed by atoms with van der Waals surface area (Å²) in [5.41, 5.74) is 2.48. The average molecular weight is 222 g/mol. The Morgan fingerprint density at radius 2 is 2.31 bits per heavy atom. The van der Waals surface area contributed by atoms with Crippen LogP contribution >= 0.6 is 0 Å². The van der Waals surface area contributed by atoms with Crippen LogP contribution in [0.5, 0.6) is 0 Å². The molecule has 0 spiro atoms. The number of hydrogen-bond acceptors (Lipinski definition) is 6. The number of hydrogen-bond donors (Lipinski definition) is 3. The summed E-state index contributed by atoms with van der Waals surface area (Å²) in [4.78, 5) is 10.7. The van der Waals surface area contributed by atoms with Crippen molar-refractivity contribution in [2.45, 2.75) is 18.9 Å².